The molecular formula is C16H10BrCl2F3. The van der Waals surface area contributed by atoms with Crippen LogP contribution in [-0.4, -0.2) is 6.18 Å². The van der Waals surface area contributed by atoms with Crippen molar-refractivity contribution in [3.8, 4) is 0 Å². The molecule has 0 N–H and O–H groups in total. The molecular weight excluding hydrogens is 400 g/mol. The Kier molecular flexibility index (Phi) is 5.59. The maximum absolute atomic E-state index is 13.3. The lowest BCUT2D eigenvalue weighted by Crippen LogP contribution is -2.11. The first-order valence-electron chi connectivity index (χ1n) is 6.24. The van der Waals surface area contributed by atoms with Crippen LogP contribution in [-0.2, 0) is 6.42 Å². The second-order valence-electron chi connectivity index (χ2n) is 4.60. The largest absolute Gasteiger partial charge is 0.416 e. The number of halogens is 6. The molecule has 0 aliphatic rings. The number of benzene rings is 2. The highest BCUT2D eigenvalue weighted by Crippen LogP contribution is 2.36. The fourth-order valence-corrected chi connectivity index (χ4v) is 2.74. The van der Waals surface area contributed by atoms with Gasteiger partial charge in [-0.25, -0.2) is 0 Å². The van der Waals surface area contributed by atoms with Crippen LogP contribution in [0.25, 0.3) is 5.57 Å². The molecule has 0 saturated carbocycles. The van der Waals surface area contributed by atoms with Crippen LogP contribution in [0.1, 0.15) is 11.1 Å². The Hall–Kier alpha value is -0.970. The normalized spacial score (nSPS) is 12.5. The van der Waals surface area contributed by atoms with Gasteiger partial charge in [-0.05, 0) is 47.9 Å². The maximum Gasteiger partial charge on any atom is 0.416 e. The molecule has 22 heavy (non-hydrogen) atoms. The zero-order chi connectivity index (χ0) is 16.3. The lowest BCUT2D eigenvalue weighted by Gasteiger charge is -2.13. The van der Waals surface area contributed by atoms with E-state index < -0.39 is 11.7 Å². The first-order valence-corrected chi connectivity index (χ1v) is 7.79. The molecule has 0 fully saturated rings. The van der Waals surface area contributed by atoms with Gasteiger partial charge in [0.05, 0.1) is 5.57 Å². The molecule has 0 unspecified atom stereocenters. The Labute approximate surface area is 144 Å². The standard InChI is InChI=1S/C16H10BrCl2F3/c17-12-4-1-10(2-5-12)3-6-15(16(20,21)22)11-7-13(18)9-14(19)8-11/h1-2,4-9H,3H2. The summed E-state index contributed by atoms with van der Waals surface area (Å²) >= 11 is 14.9. The van der Waals surface area contributed by atoms with Gasteiger partial charge in [0, 0.05) is 14.5 Å². The molecule has 116 valence electrons. The molecule has 2 aromatic rings. The third kappa shape index (κ3) is 4.77. The van der Waals surface area contributed by atoms with Crippen LogP contribution in [0.4, 0.5) is 13.2 Å². The monoisotopic (exact) mass is 408 g/mol. The summed E-state index contributed by atoms with van der Waals surface area (Å²) in [5, 5.41) is 0.336. The molecule has 0 atom stereocenters. The van der Waals surface area contributed by atoms with Crippen LogP contribution in [0.3, 0.4) is 0 Å². The third-order valence-corrected chi connectivity index (χ3v) is 3.90. The van der Waals surface area contributed by atoms with E-state index in [1.54, 1.807) is 24.3 Å². The quantitative estimate of drug-likeness (QED) is 0.514. The summed E-state index contributed by atoms with van der Waals surface area (Å²) in [6.45, 7) is 0. The van der Waals surface area contributed by atoms with Crippen molar-refractivity contribution in [2.45, 2.75) is 12.6 Å². The Balaban J connectivity index is 2.37. The minimum Gasteiger partial charge on any atom is -0.166 e. The summed E-state index contributed by atoms with van der Waals surface area (Å²) in [4.78, 5) is 0. The van der Waals surface area contributed by atoms with Crippen molar-refractivity contribution < 1.29 is 13.2 Å². The van der Waals surface area contributed by atoms with E-state index in [4.69, 9.17) is 23.2 Å². The summed E-state index contributed by atoms with van der Waals surface area (Å²) in [5.74, 6) is 0. The Morgan fingerprint density at radius 1 is 1.00 bits per heavy atom. The fraction of sp³-hybridized carbons (Fsp3) is 0.125. The van der Waals surface area contributed by atoms with Gasteiger partial charge in [-0.2, -0.15) is 13.2 Å². The summed E-state index contributed by atoms with van der Waals surface area (Å²) < 4.78 is 40.7. The average Bonchev–Trinajstić information content (AvgIpc) is 2.38. The number of alkyl halides is 3. The second kappa shape index (κ2) is 7.07. The Bertz CT molecular complexity index is 671. The molecule has 2 rings (SSSR count). The van der Waals surface area contributed by atoms with Gasteiger partial charge in [-0.15, -0.1) is 0 Å². The highest BCUT2D eigenvalue weighted by atomic mass is 79.9. The molecule has 6 heteroatoms. The number of hydrogen-bond donors (Lipinski definition) is 0. The molecule has 2 aromatic carbocycles. The zero-order valence-corrected chi connectivity index (χ0v) is 14.2. The molecule has 0 heterocycles. The Morgan fingerprint density at radius 2 is 1.55 bits per heavy atom. The second-order valence-corrected chi connectivity index (χ2v) is 6.39. The molecule has 0 nitrogen and oxygen atoms in total. The lowest BCUT2D eigenvalue weighted by atomic mass is 10.0. The zero-order valence-electron chi connectivity index (χ0n) is 11.1. The van der Waals surface area contributed by atoms with E-state index in [0.717, 1.165) is 16.1 Å². The minimum absolute atomic E-state index is 0.0397. The number of hydrogen-bond acceptors (Lipinski definition) is 0. The van der Waals surface area contributed by atoms with Crippen LogP contribution in [0.15, 0.2) is 53.0 Å². The molecule has 0 bridgehead atoms. The maximum atomic E-state index is 13.3. The molecule has 0 aromatic heterocycles. The summed E-state index contributed by atoms with van der Waals surface area (Å²) in [6.07, 6.45) is -3.18. The molecule has 0 radical (unpaired) electrons. The van der Waals surface area contributed by atoms with Gasteiger partial charge in [-0.1, -0.05) is 57.3 Å². The molecule has 0 aliphatic heterocycles. The predicted octanol–water partition coefficient (Wildman–Crippen LogP) is 6.94. The number of rotatable bonds is 3. The summed E-state index contributed by atoms with van der Waals surface area (Å²) in [6, 6.07) is 11.0. The number of allylic oxidation sites excluding steroid dienone is 2. The van der Waals surface area contributed by atoms with Crippen LogP contribution in [0.5, 0.6) is 0 Å². The molecule has 0 amide bonds. The minimum atomic E-state index is -4.48. The van der Waals surface area contributed by atoms with E-state index >= 15 is 0 Å². The van der Waals surface area contributed by atoms with Crippen molar-refractivity contribution in [2.75, 3.05) is 0 Å². The van der Waals surface area contributed by atoms with Crippen LogP contribution in [0, 0.1) is 0 Å². The van der Waals surface area contributed by atoms with Crippen LogP contribution < -0.4 is 0 Å². The van der Waals surface area contributed by atoms with Gasteiger partial charge in [0.2, 0.25) is 0 Å². The first kappa shape index (κ1) is 17.4. The van der Waals surface area contributed by atoms with E-state index in [1.165, 1.54) is 18.2 Å². The summed E-state index contributed by atoms with van der Waals surface area (Å²) in [7, 11) is 0. The highest BCUT2D eigenvalue weighted by molar-refractivity contribution is 9.10. The van der Waals surface area contributed by atoms with E-state index in [1.807, 2.05) is 0 Å². The van der Waals surface area contributed by atoms with Crippen molar-refractivity contribution in [3.05, 3.63) is 74.2 Å². The average molecular weight is 410 g/mol. The smallest absolute Gasteiger partial charge is 0.166 e. The predicted molar refractivity (Wildman–Crippen MR) is 88.3 cm³/mol. The van der Waals surface area contributed by atoms with Crippen molar-refractivity contribution in [1.82, 2.24) is 0 Å². The molecule has 0 saturated heterocycles. The van der Waals surface area contributed by atoms with Crippen molar-refractivity contribution in [2.24, 2.45) is 0 Å². The topological polar surface area (TPSA) is 0 Å². The van der Waals surface area contributed by atoms with Gasteiger partial charge < -0.3 is 0 Å². The highest BCUT2D eigenvalue weighted by Gasteiger charge is 2.34. The lowest BCUT2D eigenvalue weighted by molar-refractivity contribution is -0.0690. The third-order valence-electron chi connectivity index (χ3n) is 2.93. The van der Waals surface area contributed by atoms with Gasteiger partial charge in [0.25, 0.3) is 0 Å². The molecule has 0 spiro atoms. The van der Waals surface area contributed by atoms with E-state index in [2.05, 4.69) is 15.9 Å². The van der Waals surface area contributed by atoms with Gasteiger partial charge in [0.15, 0.2) is 0 Å². The van der Waals surface area contributed by atoms with Gasteiger partial charge >= 0.3 is 6.18 Å². The van der Waals surface area contributed by atoms with E-state index in [9.17, 15) is 13.2 Å². The van der Waals surface area contributed by atoms with Crippen LogP contribution >= 0.6 is 39.1 Å². The van der Waals surface area contributed by atoms with Crippen molar-refractivity contribution in [3.63, 3.8) is 0 Å². The van der Waals surface area contributed by atoms with Crippen LogP contribution in [0.2, 0.25) is 10.0 Å². The fourth-order valence-electron chi connectivity index (χ4n) is 1.95. The molecule has 0 aliphatic carbocycles. The van der Waals surface area contributed by atoms with Gasteiger partial charge in [0.1, 0.15) is 0 Å². The van der Waals surface area contributed by atoms with E-state index in [0.29, 0.717) is 0 Å². The van der Waals surface area contributed by atoms with E-state index in [-0.39, 0.29) is 22.0 Å². The van der Waals surface area contributed by atoms with Crippen molar-refractivity contribution >= 4 is 44.7 Å². The van der Waals surface area contributed by atoms with Crippen molar-refractivity contribution in [1.29, 1.82) is 0 Å². The summed E-state index contributed by atoms with van der Waals surface area (Å²) in [5.41, 5.74) is -0.0139. The first-order chi connectivity index (χ1) is 10.3. The Morgan fingerprint density at radius 3 is 2.05 bits per heavy atom. The SMILES string of the molecule is FC(F)(F)C(=CCc1ccc(Br)cc1)c1cc(Cl)cc(Cl)c1. The van der Waals surface area contributed by atoms with Gasteiger partial charge in [-0.3, -0.25) is 0 Å².